The highest BCUT2D eigenvalue weighted by Gasteiger charge is 2.32. The first-order chi connectivity index (χ1) is 15.2. The van der Waals surface area contributed by atoms with Crippen molar-refractivity contribution in [1.82, 2.24) is 19.8 Å². The summed E-state index contributed by atoms with van der Waals surface area (Å²) < 4.78 is 1.52. The van der Waals surface area contributed by atoms with Crippen molar-refractivity contribution in [3.63, 3.8) is 0 Å². The normalized spacial score (nSPS) is 21.5. The maximum absolute atomic E-state index is 12.8. The van der Waals surface area contributed by atoms with Gasteiger partial charge < -0.3 is 10.2 Å². The molecule has 6 nitrogen and oxygen atoms in total. The lowest BCUT2D eigenvalue weighted by atomic mass is 9.83. The molecule has 2 atom stereocenters. The van der Waals surface area contributed by atoms with Gasteiger partial charge in [-0.05, 0) is 81.1 Å². The molecule has 160 valence electrons. The number of para-hydroxylation sites is 1. The Morgan fingerprint density at radius 1 is 1.00 bits per heavy atom. The summed E-state index contributed by atoms with van der Waals surface area (Å²) in [6.07, 6.45) is 7.81. The highest BCUT2D eigenvalue weighted by atomic mass is 16.1. The topological polar surface area (TPSA) is 67.2 Å². The van der Waals surface area contributed by atoms with E-state index < -0.39 is 0 Å². The molecule has 1 amide bonds. The average Bonchev–Trinajstić information content (AvgIpc) is 2.83. The fraction of sp³-hybridized carbons (Fsp3) is 0.400. The summed E-state index contributed by atoms with van der Waals surface area (Å²) in [6, 6.07) is 15.1. The number of piperidine rings is 2. The van der Waals surface area contributed by atoms with Crippen molar-refractivity contribution in [3.05, 3.63) is 70.8 Å². The van der Waals surface area contributed by atoms with Crippen molar-refractivity contribution in [2.75, 3.05) is 19.6 Å². The van der Waals surface area contributed by atoms with Crippen molar-refractivity contribution in [3.8, 4) is 5.69 Å². The van der Waals surface area contributed by atoms with E-state index in [0.29, 0.717) is 34.1 Å². The minimum Gasteiger partial charge on any atom is -0.352 e. The van der Waals surface area contributed by atoms with Gasteiger partial charge in [0.1, 0.15) is 6.33 Å². The van der Waals surface area contributed by atoms with Crippen LogP contribution >= 0.6 is 0 Å². The smallest absolute Gasteiger partial charge is 0.265 e. The molecular weight excluding hydrogens is 388 g/mol. The second-order valence-corrected chi connectivity index (χ2v) is 8.70. The van der Waals surface area contributed by atoms with Crippen molar-refractivity contribution >= 4 is 16.8 Å². The van der Waals surface area contributed by atoms with Crippen LogP contribution in [0.5, 0.6) is 0 Å². The molecule has 3 heterocycles. The lowest BCUT2D eigenvalue weighted by molar-refractivity contribution is 0.0575. The molecule has 0 bridgehead atoms. The average molecular weight is 417 g/mol. The Kier molecular flexibility index (Phi) is 5.55. The molecule has 0 aliphatic carbocycles. The molecule has 2 aliphatic heterocycles. The molecule has 1 aromatic heterocycles. The predicted octanol–water partition coefficient (Wildman–Crippen LogP) is 3.38. The number of carbonyl (C=O) groups excluding carboxylic acids is 1. The monoisotopic (exact) mass is 416 g/mol. The third-order valence-electron chi connectivity index (χ3n) is 6.83. The van der Waals surface area contributed by atoms with E-state index in [1.165, 1.54) is 49.8 Å². The fourth-order valence-electron chi connectivity index (χ4n) is 5.17. The van der Waals surface area contributed by atoms with Gasteiger partial charge in [0, 0.05) is 18.2 Å². The molecule has 2 aromatic carbocycles. The van der Waals surface area contributed by atoms with Gasteiger partial charge in [-0.25, -0.2) is 4.98 Å². The minimum absolute atomic E-state index is 0.0523. The number of hydrogen-bond donors (Lipinski definition) is 1. The Bertz CT molecular complexity index is 1140. The summed E-state index contributed by atoms with van der Waals surface area (Å²) in [5.41, 5.74) is 1.88. The van der Waals surface area contributed by atoms with E-state index in [0.717, 1.165) is 6.54 Å². The van der Waals surface area contributed by atoms with Gasteiger partial charge in [-0.3, -0.25) is 14.2 Å². The number of amides is 1. The van der Waals surface area contributed by atoms with Crippen LogP contribution in [-0.4, -0.2) is 46.0 Å². The van der Waals surface area contributed by atoms with E-state index in [9.17, 15) is 9.59 Å². The summed E-state index contributed by atoms with van der Waals surface area (Å²) >= 11 is 0. The molecule has 2 saturated heterocycles. The first-order valence-corrected chi connectivity index (χ1v) is 11.3. The number of nitrogens with zero attached hydrogens (tertiary/aromatic N) is 3. The lowest BCUT2D eigenvalue weighted by Crippen LogP contribution is -2.51. The van der Waals surface area contributed by atoms with Gasteiger partial charge >= 0.3 is 0 Å². The SMILES string of the molecule is O=C(NCC1CCCN2CCCCC12)c1ccc(-n2cnc3ccccc3c2=O)cc1. The Labute approximate surface area is 181 Å². The molecule has 3 aromatic rings. The summed E-state index contributed by atoms with van der Waals surface area (Å²) in [7, 11) is 0. The molecule has 2 aliphatic rings. The van der Waals surface area contributed by atoms with Crippen molar-refractivity contribution in [2.45, 2.75) is 38.1 Å². The molecule has 0 spiro atoms. The summed E-state index contributed by atoms with van der Waals surface area (Å²) in [5, 5.41) is 3.73. The molecule has 1 N–H and O–H groups in total. The van der Waals surface area contributed by atoms with Gasteiger partial charge in [0.25, 0.3) is 11.5 Å². The molecule has 5 rings (SSSR count). The van der Waals surface area contributed by atoms with Crippen LogP contribution in [0, 0.1) is 5.92 Å². The van der Waals surface area contributed by atoms with E-state index in [4.69, 9.17) is 0 Å². The number of benzene rings is 2. The van der Waals surface area contributed by atoms with Gasteiger partial charge in [-0.2, -0.15) is 0 Å². The number of aromatic nitrogens is 2. The van der Waals surface area contributed by atoms with E-state index >= 15 is 0 Å². The molecule has 2 fully saturated rings. The molecule has 31 heavy (non-hydrogen) atoms. The third-order valence-corrected chi connectivity index (χ3v) is 6.83. The van der Waals surface area contributed by atoms with Crippen LogP contribution in [0.15, 0.2) is 59.7 Å². The van der Waals surface area contributed by atoms with Crippen molar-refractivity contribution in [1.29, 1.82) is 0 Å². The zero-order chi connectivity index (χ0) is 21.2. The number of fused-ring (bicyclic) bond motifs is 2. The van der Waals surface area contributed by atoms with E-state index in [-0.39, 0.29) is 11.5 Å². The van der Waals surface area contributed by atoms with Crippen LogP contribution in [0.1, 0.15) is 42.5 Å². The summed E-state index contributed by atoms with van der Waals surface area (Å²) in [4.78, 5) is 32.5. The third kappa shape index (κ3) is 4.00. The number of rotatable bonds is 4. The molecule has 6 heteroatoms. The Balaban J connectivity index is 1.27. The largest absolute Gasteiger partial charge is 0.352 e. The van der Waals surface area contributed by atoms with Crippen LogP contribution in [0.4, 0.5) is 0 Å². The molecule has 2 unspecified atom stereocenters. The lowest BCUT2D eigenvalue weighted by Gasteiger charge is -2.44. The zero-order valence-electron chi connectivity index (χ0n) is 17.7. The van der Waals surface area contributed by atoms with Gasteiger partial charge in [0.15, 0.2) is 0 Å². The summed E-state index contributed by atoms with van der Waals surface area (Å²) in [5.74, 6) is 0.489. The fourth-order valence-corrected chi connectivity index (χ4v) is 5.17. The maximum atomic E-state index is 12.8. The zero-order valence-corrected chi connectivity index (χ0v) is 17.7. The number of carbonyl (C=O) groups is 1. The Morgan fingerprint density at radius 3 is 2.68 bits per heavy atom. The summed E-state index contributed by atoms with van der Waals surface area (Å²) in [6.45, 7) is 3.15. The van der Waals surface area contributed by atoms with Crippen molar-refractivity contribution < 1.29 is 4.79 Å². The first kappa shape index (κ1) is 19.9. The minimum atomic E-state index is -0.114. The highest BCUT2D eigenvalue weighted by Crippen LogP contribution is 2.30. The van der Waals surface area contributed by atoms with Crippen LogP contribution in [0.3, 0.4) is 0 Å². The van der Waals surface area contributed by atoms with Gasteiger partial charge in [0.2, 0.25) is 0 Å². The molecule has 0 radical (unpaired) electrons. The van der Waals surface area contributed by atoms with Crippen LogP contribution < -0.4 is 10.9 Å². The van der Waals surface area contributed by atoms with Crippen LogP contribution in [0.25, 0.3) is 16.6 Å². The van der Waals surface area contributed by atoms with Gasteiger partial charge in [-0.1, -0.05) is 18.6 Å². The first-order valence-electron chi connectivity index (χ1n) is 11.3. The van der Waals surface area contributed by atoms with Gasteiger partial charge in [0.05, 0.1) is 16.6 Å². The molecule has 0 saturated carbocycles. The van der Waals surface area contributed by atoms with Crippen molar-refractivity contribution in [2.24, 2.45) is 5.92 Å². The standard InChI is InChI=1S/C25H28N4O2/c30-24(26-16-19-6-5-15-28-14-4-3-9-23(19)28)18-10-12-20(13-11-18)29-17-27-22-8-2-1-7-21(22)25(29)31/h1-2,7-8,10-13,17,19,23H,3-6,9,14-16H2,(H,26,30). The van der Waals surface area contributed by atoms with Gasteiger partial charge in [-0.15, -0.1) is 0 Å². The Hall–Kier alpha value is -2.99. The van der Waals surface area contributed by atoms with Crippen LogP contribution in [0.2, 0.25) is 0 Å². The molecular formula is C25H28N4O2. The second-order valence-electron chi connectivity index (χ2n) is 8.70. The van der Waals surface area contributed by atoms with E-state index in [2.05, 4.69) is 15.2 Å². The number of nitrogens with one attached hydrogen (secondary N) is 1. The van der Waals surface area contributed by atoms with E-state index in [1.807, 2.05) is 18.2 Å². The number of hydrogen-bond acceptors (Lipinski definition) is 4. The quantitative estimate of drug-likeness (QED) is 0.708. The van der Waals surface area contributed by atoms with E-state index in [1.54, 1.807) is 36.7 Å². The predicted molar refractivity (Wildman–Crippen MR) is 122 cm³/mol. The Morgan fingerprint density at radius 2 is 1.81 bits per heavy atom. The van der Waals surface area contributed by atoms with Crippen LogP contribution in [-0.2, 0) is 0 Å². The maximum Gasteiger partial charge on any atom is 0.265 e. The second kappa shape index (κ2) is 8.63. The highest BCUT2D eigenvalue weighted by molar-refractivity contribution is 5.94.